The van der Waals surface area contributed by atoms with Gasteiger partial charge in [0.25, 0.3) is 0 Å². The van der Waals surface area contributed by atoms with Crippen molar-refractivity contribution in [3.63, 3.8) is 0 Å². The third-order valence-electron chi connectivity index (χ3n) is 3.32. The topological polar surface area (TPSA) is 38.0 Å². The molecule has 0 bridgehead atoms. The maximum atomic E-state index is 13.8. The van der Waals surface area contributed by atoms with Gasteiger partial charge >= 0.3 is 0 Å². The molecule has 0 saturated heterocycles. The highest BCUT2D eigenvalue weighted by molar-refractivity contribution is 9.10. The molecule has 2 rings (SSSR count). The lowest BCUT2D eigenvalue weighted by Crippen LogP contribution is -2.30. The molecule has 2 aromatic carbocycles. The summed E-state index contributed by atoms with van der Waals surface area (Å²) in [5, 5.41) is 0.517. The zero-order valence-electron chi connectivity index (χ0n) is 11.0. The lowest BCUT2D eigenvalue weighted by atomic mass is 9.95. The molecular formula is C15H15BrClFN2. The van der Waals surface area contributed by atoms with Crippen LogP contribution in [-0.4, -0.2) is 0 Å². The highest BCUT2D eigenvalue weighted by Gasteiger charge is 2.16. The molecule has 3 N–H and O–H groups in total. The Morgan fingerprint density at radius 1 is 1.35 bits per heavy atom. The molecule has 2 aromatic rings. The molecule has 0 radical (unpaired) electrons. The van der Waals surface area contributed by atoms with Crippen molar-refractivity contribution in [1.82, 2.24) is 5.43 Å². The van der Waals surface area contributed by atoms with E-state index in [1.807, 2.05) is 25.1 Å². The van der Waals surface area contributed by atoms with Crippen molar-refractivity contribution in [2.45, 2.75) is 19.4 Å². The first-order valence-electron chi connectivity index (χ1n) is 6.18. The number of nitrogens with two attached hydrogens (primary N) is 1. The minimum Gasteiger partial charge on any atom is -0.271 e. The molecule has 0 aliphatic rings. The summed E-state index contributed by atoms with van der Waals surface area (Å²) < 4.78 is 14.8. The van der Waals surface area contributed by atoms with Crippen molar-refractivity contribution < 1.29 is 4.39 Å². The normalized spacial score (nSPS) is 12.4. The minimum atomic E-state index is -0.276. The monoisotopic (exact) mass is 356 g/mol. The predicted octanol–water partition coefficient (Wildman–Crippen LogP) is 4.30. The summed E-state index contributed by atoms with van der Waals surface area (Å²) in [4.78, 5) is 0. The summed E-state index contributed by atoms with van der Waals surface area (Å²) in [6.45, 7) is 2.00. The number of benzene rings is 2. The molecule has 106 valence electrons. The van der Waals surface area contributed by atoms with Gasteiger partial charge < -0.3 is 0 Å². The van der Waals surface area contributed by atoms with Crippen molar-refractivity contribution >= 4 is 27.5 Å². The molecule has 0 saturated carbocycles. The van der Waals surface area contributed by atoms with Crippen LogP contribution in [-0.2, 0) is 6.42 Å². The minimum absolute atomic E-state index is 0.180. The largest absolute Gasteiger partial charge is 0.271 e. The number of hydrogen-bond acceptors (Lipinski definition) is 2. The fourth-order valence-corrected chi connectivity index (χ4v) is 2.76. The fraction of sp³-hybridized carbons (Fsp3) is 0.200. The molecule has 0 aliphatic carbocycles. The van der Waals surface area contributed by atoms with Crippen LogP contribution in [0.1, 0.15) is 22.7 Å². The maximum Gasteiger partial charge on any atom is 0.126 e. The Morgan fingerprint density at radius 3 is 2.80 bits per heavy atom. The van der Waals surface area contributed by atoms with Crippen molar-refractivity contribution in [2.75, 3.05) is 0 Å². The summed E-state index contributed by atoms with van der Waals surface area (Å²) in [5.41, 5.74) is 5.40. The van der Waals surface area contributed by atoms with Crippen LogP contribution in [0.3, 0.4) is 0 Å². The van der Waals surface area contributed by atoms with Crippen LogP contribution < -0.4 is 11.3 Å². The van der Waals surface area contributed by atoms with Crippen LogP contribution in [0, 0.1) is 12.7 Å². The van der Waals surface area contributed by atoms with Crippen LogP contribution in [0.15, 0.2) is 40.9 Å². The summed E-state index contributed by atoms with van der Waals surface area (Å²) in [5.74, 6) is 5.36. The van der Waals surface area contributed by atoms with Gasteiger partial charge in [-0.1, -0.05) is 39.7 Å². The fourth-order valence-electron chi connectivity index (χ4n) is 2.18. The molecular weight excluding hydrogens is 343 g/mol. The second kappa shape index (κ2) is 6.68. The van der Waals surface area contributed by atoms with E-state index in [0.29, 0.717) is 17.0 Å². The average Bonchev–Trinajstić information content (AvgIpc) is 2.43. The Kier molecular flexibility index (Phi) is 5.16. The Bertz CT molecular complexity index is 619. The summed E-state index contributed by atoms with van der Waals surface area (Å²) >= 11 is 9.41. The van der Waals surface area contributed by atoms with E-state index in [1.54, 1.807) is 6.07 Å². The first-order valence-corrected chi connectivity index (χ1v) is 7.35. The van der Waals surface area contributed by atoms with E-state index in [1.165, 1.54) is 12.1 Å². The SMILES string of the molecule is Cc1c(Br)cccc1C(Cc1cc(Cl)ccc1F)NN. The quantitative estimate of drug-likeness (QED) is 0.632. The van der Waals surface area contributed by atoms with Crippen LogP contribution in [0.2, 0.25) is 5.02 Å². The molecule has 2 nitrogen and oxygen atoms in total. The van der Waals surface area contributed by atoms with Crippen LogP contribution in [0.4, 0.5) is 4.39 Å². The summed E-state index contributed by atoms with van der Waals surface area (Å²) in [7, 11) is 0. The lowest BCUT2D eigenvalue weighted by molar-refractivity contribution is 0.527. The highest BCUT2D eigenvalue weighted by atomic mass is 79.9. The third kappa shape index (κ3) is 3.38. The van der Waals surface area contributed by atoms with E-state index in [-0.39, 0.29) is 11.9 Å². The molecule has 1 unspecified atom stereocenters. The molecule has 0 amide bonds. The van der Waals surface area contributed by atoms with Gasteiger partial charge in [0.15, 0.2) is 0 Å². The van der Waals surface area contributed by atoms with Gasteiger partial charge in [0.1, 0.15) is 5.82 Å². The highest BCUT2D eigenvalue weighted by Crippen LogP contribution is 2.27. The predicted molar refractivity (Wildman–Crippen MR) is 84.1 cm³/mol. The van der Waals surface area contributed by atoms with Gasteiger partial charge in [-0.2, -0.15) is 0 Å². The van der Waals surface area contributed by atoms with Crippen molar-refractivity contribution in [3.8, 4) is 0 Å². The second-order valence-corrected chi connectivity index (χ2v) is 5.90. The van der Waals surface area contributed by atoms with Gasteiger partial charge in [-0.3, -0.25) is 11.3 Å². The lowest BCUT2D eigenvalue weighted by Gasteiger charge is -2.20. The van der Waals surface area contributed by atoms with Crippen molar-refractivity contribution in [2.24, 2.45) is 5.84 Å². The molecule has 5 heteroatoms. The van der Waals surface area contributed by atoms with Gasteiger partial charge in [-0.15, -0.1) is 0 Å². The van der Waals surface area contributed by atoms with Crippen molar-refractivity contribution in [3.05, 3.63) is 68.4 Å². The number of hydrogen-bond donors (Lipinski definition) is 2. The molecule has 0 aromatic heterocycles. The number of nitrogens with one attached hydrogen (secondary N) is 1. The van der Waals surface area contributed by atoms with Crippen molar-refractivity contribution in [1.29, 1.82) is 0 Å². The average molecular weight is 358 g/mol. The second-order valence-electron chi connectivity index (χ2n) is 4.61. The maximum absolute atomic E-state index is 13.8. The van der Waals surface area contributed by atoms with E-state index in [9.17, 15) is 4.39 Å². The summed E-state index contributed by atoms with van der Waals surface area (Å²) in [6.07, 6.45) is 0.431. The van der Waals surface area contributed by atoms with E-state index in [4.69, 9.17) is 17.4 Å². The molecule has 0 fully saturated rings. The van der Waals surface area contributed by atoms with Crippen LogP contribution in [0.25, 0.3) is 0 Å². The zero-order valence-corrected chi connectivity index (χ0v) is 13.3. The number of halogens is 3. The molecule has 0 aliphatic heterocycles. The van der Waals surface area contributed by atoms with Gasteiger partial charge in [0.05, 0.1) is 6.04 Å². The van der Waals surface area contributed by atoms with Gasteiger partial charge in [-0.25, -0.2) is 4.39 Å². The Hall–Kier alpha value is -0.940. The Balaban J connectivity index is 2.34. The van der Waals surface area contributed by atoms with E-state index >= 15 is 0 Å². The first kappa shape index (κ1) is 15.4. The number of rotatable bonds is 4. The Labute approximate surface area is 131 Å². The zero-order chi connectivity index (χ0) is 14.7. The smallest absolute Gasteiger partial charge is 0.126 e. The number of hydrazine groups is 1. The summed E-state index contributed by atoms with van der Waals surface area (Å²) in [6, 6.07) is 10.2. The van der Waals surface area contributed by atoms with E-state index < -0.39 is 0 Å². The van der Waals surface area contributed by atoms with E-state index in [0.717, 1.165) is 15.6 Å². The standard InChI is InChI=1S/C15H15BrClFN2/c1-9-12(3-2-4-13(9)16)15(20-19)8-10-7-11(17)5-6-14(10)18/h2-7,15,20H,8,19H2,1H3. The molecule has 0 heterocycles. The van der Waals surface area contributed by atoms with E-state index in [2.05, 4.69) is 21.4 Å². The van der Waals surface area contributed by atoms with Gasteiger partial charge in [-0.05, 0) is 54.3 Å². The Morgan fingerprint density at radius 2 is 2.10 bits per heavy atom. The molecule has 20 heavy (non-hydrogen) atoms. The molecule has 1 atom stereocenters. The van der Waals surface area contributed by atoms with Gasteiger partial charge in [0, 0.05) is 9.50 Å². The van der Waals surface area contributed by atoms with Crippen LogP contribution in [0.5, 0.6) is 0 Å². The third-order valence-corrected chi connectivity index (χ3v) is 4.41. The van der Waals surface area contributed by atoms with Gasteiger partial charge in [0.2, 0.25) is 0 Å². The first-order chi connectivity index (χ1) is 9.52. The van der Waals surface area contributed by atoms with Crippen LogP contribution >= 0.6 is 27.5 Å². The molecule has 0 spiro atoms.